The molecule has 5 nitrogen and oxygen atoms in total. The summed E-state index contributed by atoms with van der Waals surface area (Å²) in [4.78, 5) is 13.8. The van der Waals surface area contributed by atoms with E-state index >= 15 is 0 Å². The van der Waals surface area contributed by atoms with Gasteiger partial charge in [0.2, 0.25) is 12.7 Å². The van der Waals surface area contributed by atoms with Crippen LogP contribution in [-0.2, 0) is 17.9 Å². The van der Waals surface area contributed by atoms with Crippen molar-refractivity contribution < 1.29 is 23.0 Å². The summed E-state index contributed by atoms with van der Waals surface area (Å²) >= 11 is 6.28. The lowest BCUT2D eigenvalue weighted by molar-refractivity contribution is -0.129. The van der Waals surface area contributed by atoms with Crippen LogP contribution in [-0.4, -0.2) is 30.2 Å². The lowest BCUT2D eigenvalue weighted by Gasteiger charge is -2.25. The first-order valence-corrected chi connectivity index (χ1v) is 9.92. The third-order valence-corrected chi connectivity index (χ3v) is 5.71. The predicted octanol–water partition coefficient (Wildman–Crippen LogP) is 4.02. The van der Waals surface area contributed by atoms with Crippen LogP contribution in [0.15, 0.2) is 30.3 Å². The lowest BCUT2D eigenvalue weighted by Crippen LogP contribution is -2.35. The number of carbonyl (C=O) groups is 1. The monoisotopic (exact) mass is 422 g/mol. The number of hydrogen-bond acceptors (Lipinski definition) is 4. The molecule has 8 heteroatoms. The number of amides is 1. The van der Waals surface area contributed by atoms with Crippen molar-refractivity contribution in [1.82, 2.24) is 10.2 Å². The summed E-state index contributed by atoms with van der Waals surface area (Å²) < 4.78 is 38.6. The van der Waals surface area contributed by atoms with Crippen LogP contribution >= 0.6 is 11.6 Å². The Kier molecular flexibility index (Phi) is 5.87. The minimum atomic E-state index is -0.626. The van der Waals surface area contributed by atoms with Crippen molar-refractivity contribution in [2.24, 2.45) is 0 Å². The van der Waals surface area contributed by atoms with Gasteiger partial charge in [-0.1, -0.05) is 17.7 Å². The zero-order valence-electron chi connectivity index (χ0n) is 15.7. The van der Waals surface area contributed by atoms with Crippen molar-refractivity contribution in [3.63, 3.8) is 0 Å². The molecule has 0 bridgehead atoms. The average Bonchev–Trinajstić information content (AvgIpc) is 3.28. The molecule has 154 valence electrons. The molecule has 0 radical (unpaired) electrons. The third-order valence-electron chi connectivity index (χ3n) is 5.35. The van der Waals surface area contributed by atoms with Crippen LogP contribution in [0.5, 0.6) is 11.5 Å². The fourth-order valence-corrected chi connectivity index (χ4v) is 3.97. The Bertz CT molecular complexity index is 905. The van der Waals surface area contributed by atoms with Crippen LogP contribution in [0.25, 0.3) is 0 Å². The van der Waals surface area contributed by atoms with Gasteiger partial charge in [-0.05, 0) is 43.1 Å². The first-order valence-electron chi connectivity index (χ1n) is 9.54. The van der Waals surface area contributed by atoms with E-state index in [4.69, 9.17) is 21.1 Å². The van der Waals surface area contributed by atoms with Crippen LogP contribution in [0.2, 0.25) is 5.02 Å². The van der Waals surface area contributed by atoms with Crippen LogP contribution < -0.4 is 14.8 Å². The van der Waals surface area contributed by atoms with Crippen molar-refractivity contribution in [2.75, 3.05) is 13.3 Å². The Hall–Kier alpha value is -2.38. The molecule has 0 aliphatic carbocycles. The summed E-state index contributed by atoms with van der Waals surface area (Å²) in [5.41, 5.74) is 0.830. The molecule has 0 saturated carbocycles. The summed E-state index contributed by atoms with van der Waals surface area (Å²) in [6.45, 7) is 1.32. The molecule has 2 aromatic rings. The number of halogens is 3. The SMILES string of the molecule is O=C1CC[C@@H](CCNCc2cc3c(cc2Cl)OCO3)N1Cc1c(F)cccc1F. The maximum atomic E-state index is 14.0. The van der Waals surface area contributed by atoms with Crippen LogP contribution in [0.3, 0.4) is 0 Å². The average molecular weight is 423 g/mol. The first kappa shape index (κ1) is 19.9. The molecule has 2 aromatic carbocycles. The smallest absolute Gasteiger partial charge is 0.231 e. The highest BCUT2D eigenvalue weighted by Gasteiger charge is 2.31. The molecule has 1 amide bonds. The van der Waals surface area contributed by atoms with Crippen molar-refractivity contribution in [1.29, 1.82) is 0 Å². The summed E-state index contributed by atoms with van der Waals surface area (Å²) in [7, 11) is 0. The number of fused-ring (bicyclic) bond motifs is 1. The molecular formula is C21H21ClF2N2O3. The number of carbonyl (C=O) groups excluding carboxylic acids is 1. The summed E-state index contributed by atoms with van der Waals surface area (Å²) in [5, 5.41) is 3.91. The summed E-state index contributed by atoms with van der Waals surface area (Å²) in [5.74, 6) is -0.0144. The molecular weight excluding hydrogens is 402 g/mol. The third kappa shape index (κ3) is 4.31. The van der Waals surface area contributed by atoms with E-state index in [0.29, 0.717) is 48.9 Å². The maximum Gasteiger partial charge on any atom is 0.231 e. The van der Waals surface area contributed by atoms with E-state index in [0.717, 1.165) is 5.56 Å². The molecule has 1 saturated heterocycles. The van der Waals surface area contributed by atoms with Gasteiger partial charge in [0.25, 0.3) is 0 Å². The number of ether oxygens (including phenoxy) is 2. The largest absolute Gasteiger partial charge is 0.454 e. The van der Waals surface area contributed by atoms with E-state index in [1.165, 1.54) is 18.2 Å². The van der Waals surface area contributed by atoms with Gasteiger partial charge < -0.3 is 19.7 Å². The van der Waals surface area contributed by atoms with Crippen LogP contribution in [0.4, 0.5) is 8.78 Å². The fourth-order valence-electron chi connectivity index (χ4n) is 3.75. The molecule has 2 aliphatic heterocycles. The van der Waals surface area contributed by atoms with E-state index in [1.807, 2.05) is 6.07 Å². The highest BCUT2D eigenvalue weighted by molar-refractivity contribution is 6.31. The second kappa shape index (κ2) is 8.55. The van der Waals surface area contributed by atoms with Gasteiger partial charge in [-0.25, -0.2) is 8.78 Å². The molecule has 1 N–H and O–H groups in total. The van der Waals surface area contributed by atoms with Crippen molar-refractivity contribution in [3.05, 3.63) is 58.1 Å². The van der Waals surface area contributed by atoms with Gasteiger partial charge in [-0.3, -0.25) is 4.79 Å². The zero-order valence-corrected chi connectivity index (χ0v) is 16.5. The van der Waals surface area contributed by atoms with Gasteiger partial charge in [0.05, 0.1) is 6.54 Å². The van der Waals surface area contributed by atoms with Gasteiger partial charge in [0.1, 0.15) is 11.6 Å². The van der Waals surface area contributed by atoms with Gasteiger partial charge >= 0.3 is 0 Å². The lowest BCUT2D eigenvalue weighted by atomic mass is 10.1. The number of benzene rings is 2. The van der Waals surface area contributed by atoms with E-state index in [2.05, 4.69) is 5.32 Å². The van der Waals surface area contributed by atoms with Crippen LogP contribution in [0, 0.1) is 11.6 Å². The standard InChI is InChI=1S/C21H21ClF2N2O3/c22-16-9-20-19(28-12-29-20)8-13(16)10-25-7-6-14-4-5-21(27)26(14)11-15-17(23)2-1-3-18(15)24/h1-3,8-9,14,25H,4-7,10-12H2/t14-/m0/s1. The highest BCUT2D eigenvalue weighted by Crippen LogP contribution is 2.36. The summed E-state index contributed by atoms with van der Waals surface area (Å²) in [6.07, 6.45) is 1.76. The van der Waals surface area contributed by atoms with Crippen molar-refractivity contribution in [2.45, 2.75) is 38.4 Å². The molecule has 1 atom stereocenters. The quantitative estimate of drug-likeness (QED) is 0.685. The normalized spacial score (nSPS) is 18.0. The number of hydrogen-bond donors (Lipinski definition) is 1. The predicted molar refractivity (Wildman–Crippen MR) is 104 cm³/mol. The minimum Gasteiger partial charge on any atom is -0.454 e. The molecule has 2 heterocycles. The van der Waals surface area contributed by atoms with Gasteiger partial charge in [-0.2, -0.15) is 0 Å². The minimum absolute atomic E-state index is 0.0456. The Morgan fingerprint density at radius 3 is 2.66 bits per heavy atom. The van der Waals surface area contributed by atoms with Crippen molar-refractivity contribution >= 4 is 17.5 Å². The molecule has 29 heavy (non-hydrogen) atoms. The fraction of sp³-hybridized carbons (Fsp3) is 0.381. The van der Waals surface area contributed by atoms with Gasteiger partial charge in [0.15, 0.2) is 11.5 Å². The van der Waals surface area contributed by atoms with E-state index in [1.54, 1.807) is 11.0 Å². The molecule has 0 spiro atoms. The number of nitrogens with zero attached hydrogens (tertiary/aromatic N) is 1. The maximum absolute atomic E-state index is 14.0. The molecule has 4 rings (SSSR count). The second-order valence-corrected chi connectivity index (χ2v) is 7.58. The Labute approximate surface area is 172 Å². The van der Waals surface area contributed by atoms with E-state index < -0.39 is 11.6 Å². The van der Waals surface area contributed by atoms with E-state index in [9.17, 15) is 13.6 Å². The number of likely N-dealkylation sites (tertiary alicyclic amines) is 1. The molecule has 2 aliphatic rings. The first-order chi connectivity index (χ1) is 14.0. The van der Waals surface area contributed by atoms with E-state index in [-0.39, 0.29) is 30.9 Å². The van der Waals surface area contributed by atoms with Gasteiger partial charge in [0, 0.05) is 35.7 Å². The molecule has 0 unspecified atom stereocenters. The molecule has 1 fully saturated rings. The van der Waals surface area contributed by atoms with Crippen molar-refractivity contribution in [3.8, 4) is 11.5 Å². The van der Waals surface area contributed by atoms with Crippen LogP contribution in [0.1, 0.15) is 30.4 Å². The highest BCUT2D eigenvalue weighted by atomic mass is 35.5. The second-order valence-electron chi connectivity index (χ2n) is 7.18. The Balaban J connectivity index is 1.33. The topological polar surface area (TPSA) is 50.8 Å². The zero-order chi connectivity index (χ0) is 20.4. The molecule has 0 aromatic heterocycles. The number of rotatable bonds is 7. The summed E-state index contributed by atoms with van der Waals surface area (Å²) in [6, 6.07) is 7.28. The van der Waals surface area contributed by atoms with Gasteiger partial charge in [-0.15, -0.1) is 0 Å². The Morgan fingerprint density at radius 1 is 1.17 bits per heavy atom. The Morgan fingerprint density at radius 2 is 1.90 bits per heavy atom. The number of nitrogens with one attached hydrogen (secondary N) is 1.